The van der Waals surface area contributed by atoms with E-state index < -0.39 is 0 Å². The van der Waals surface area contributed by atoms with Crippen LogP contribution in [0.3, 0.4) is 0 Å². The molecule has 0 saturated carbocycles. The van der Waals surface area contributed by atoms with E-state index in [0.717, 1.165) is 55.7 Å². The third-order valence-corrected chi connectivity index (χ3v) is 6.75. The summed E-state index contributed by atoms with van der Waals surface area (Å²) in [5.74, 6) is 0.0516. The molecule has 32 heavy (non-hydrogen) atoms. The molecule has 2 aliphatic heterocycles. The van der Waals surface area contributed by atoms with Crippen LogP contribution in [0.1, 0.15) is 49.0 Å². The van der Waals surface area contributed by atoms with Crippen molar-refractivity contribution in [1.82, 2.24) is 19.7 Å². The Hall–Kier alpha value is -2.99. The second kappa shape index (κ2) is 10.1. The largest absolute Gasteiger partial charge is 0.343 e. The number of pyridine rings is 1. The first-order chi connectivity index (χ1) is 15.5. The highest BCUT2D eigenvalue weighted by atomic mass is 16.2. The van der Waals surface area contributed by atoms with Crippen molar-refractivity contribution in [2.45, 2.75) is 44.7 Å². The Balaban J connectivity index is 1.33. The maximum Gasteiger partial charge on any atom is 0.225 e. The molecule has 1 fully saturated rings. The van der Waals surface area contributed by atoms with Gasteiger partial charge in [0.15, 0.2) is 0 Å². The number of amides is 2. The fourth-order valence-corrected chi connectivity index (χ4v) is 4.78. The number of piperidine rings is 1. The summed E-state index contributed by atoms with van der Waals surface area (Å²) < 4.78 is 0. The van der Waals surface area contributed by atoms with Gasteiger partial charge in [0.05, 0.1) is 12.5 Å². The first-order valence-electron chi connectivity index (χ1n) is 11.5. The van der Waals surface area contributed by atoms with Crippen molar-refractivity contribution < 1.29 is 9.59 Å². The van der Waals surface area contributed by atoms with Crippen molar-refractivity contribution in [2.75, 3.05) is 26.7 Å². The Kier molecular flexibility index (Phi) is 7.00. The zero-order valence-electron chi connectivity index (χ0n) is 19.0. The zero-order valence-corrected chi connectivity index (χ0v) is 19.0. The molecule has 0 radical (unpaired) electrons. The molecule has 1 atom stereocenters. The average molecular weight is 433 g/mol. The van der Waals surface area contributed by atoms with Gasteiger partial charge in [-0.2, -0.15) is 0 Å². The van der Waals surface area contributed by atoms with Gasteiger partial charge < -0.3 is 14.7 Å². The summed E-state index contributed by atoms with van der Waals surface area (Å²) in [6, 6.07) is 14.1. The van der Waals surface area contributed by atoms with Gasteiger partial charge in [-0.1, -0.05) is 30.3 Å². The molecule has 1 saturated heterocycles. The van der Waals surface area contributed by atoms with Crippen molar-refractivity contribution in [3.63, 3.8) is 0 Å². The van der Waals surface area contributed by atoms with Crippen LogP contribution in [0.5, 0.6) is 0 Å². The van der Waals surface area contributed by atoms with Crippen LogP contribution in [-0.4, -0.2) is 64.2 Å². The van der Waals surface area contributed by atoms with Gasteiger partial charge in [0.25, 0.3) is 0 Å². The van der Waals surface area contributed by atoms with Crippen LogP contribution < -0.4 is 0 Å². The minimum atomic E-state index is -0.248. The topological polar surface area (TPSA) is 56.8 Å². The fraction of sp³-hybridized carbons (Fsp3) is 0.423. The molecule has 3 heterocycles. The van der Waals surface area contributed by atoms with E-state index in [1.165, 1.54) is 0 Å². The van der Waals surface area contributed by atoms with Crippen molar-refractivity contribution in [1.29, 1.82) is 0 Å². The molecule has 6 nitrogen and oxygen atoms in total. The quantitative estimate of drug-likeness (QED) is 0.701. The Morgan fingerprint density at radius 3 is 2.56 bits per heavy atom. The maximum absolute atomic E-state index is 13.2. The number of hydrogen-bond donors (Lipinski definition) is 0. The molecular formula is C26H32N4O2. The van der Waals surface area contributed by atoms with E-state index in [2.05, 4.69) is 16.0 Å². The van der Waals surface area contributed by atoms with E-state index in [1.807, 2.05) is 66.8 Å². The minimum Gasteiger partial charge on any atom is -0.343 e. The highest BCUT2D eigenvalue weighted by Crippen LogP contribution is 2.33. The number of likely N-dealkylation sites (tertiary alicyclic amines) is 1. The van der Waals surface area contributed by atoms with Gasteiger partial charge in [0.1, 0.15) is 0 Å². The standard InChI is InChI=1S/C26H32N4O2/c1-20(31)30-18-10-21-7-3-4-9-24(21)25(30)19-26(32)28(2)23-12-16-29(17-13-23)15-11-22-8-5-6-14-27-22/h3-10,14,18,23,25H,11-13,15-17,19H2,1-2H3. The molecule has 6 heteroatoms. The van der Waals surface area contributed by atoms with Crippen LogP contribution in [0, 0.1) is 0 Å². The molecule has 1 aromatic heterocycles. The minimum absolute atomic E-state index is 0.0441. The van der Waals surface area contributed by atoms with Gasteiger partial charge in [-0.05, 0) is 42.2 Å². The number of carbonyl (C=O) groups is 2. The monoisotopic (exact) mass is 432 g/mol. The average Bonchev–Trinajstić information content (AvgIpc) is 2.83. The number of nitrogens with zero attached hydrogens (tertiary/aromatic N) is 4. The number of fused-ring (bicyclic) bond motifs is 1. The fourth-order valence-electron chi connectivity index (χ4n) is 4.78. The molecule has 0 bridgehead atoms. The first kappa shape index (κ1) is 22.2. The lowest BCUT2D eigenvalue weighted by atomic mass is 9.93. The number of benzene rings is 1. The van der Waals surface area contributed by atoms with E-state index in [-0.39, 0.29) is 23.9 Å². The highest BCUT2D eigenvalue weighted by molar-refractivity contribution is 5.82. The molecule has 2 aromatic rings. The molecule has 0 spiro atoms. The lowest BCUT2D eigenvalue weighted by Crippen LogP contribution is -2.47. The highest BCUT2D eigenvalue weighted by Gasteiger charge is 2.31. The summed E-state index contributed by atoms with van der Waals surface area (Å²) in [5, 5.41) is 0. The summed E-state index contributed by atoms with van der Waals surface area (Å²) in [7, 11) is 1.92. The summed E-state index contributed by atoms with van der Waals surface area (Å²) in [6.45, 7) is 4.54. The van der Waals surface area contributed by atoms with Crippen LogP contribution in [-0.2, 0) is 16.0 Å². The second-order valence-corrected chi connectivity index (χ2v) is 8.74. The maximum atomic E-state index is 13.2. The second-order valence-electron chi connectivity index (χ2n) is 8.74. The van der Waals surface area contributed by atoms with Crippen LogP contribution in [0.2, 0.25) is 0 Å². The predicted octanol–water partition coefficient (Wildman–Crippen LogP) is 3.51. The number of hydrogen-bond acceptors (Lipinski definition) is 4. The van der Waals surface area contributed by atoms with Crippen molar-refractivity contribution in [3.05, 3.63) is 71.7 Å². The Morgan fingerprint density at radius 2 is 1.84 bits per heavy atom. The summed E-state index contributed by atoms with van der Waals surface area (Å²) >= 11 is 0. The normalized spacial score (nSPS) is 18.9. The number of rotatable bonds is 6. The lowest BCUT2D eigenvalue weighted by Gasteiger charge is -2.38. The predicted molar refractivity (Wildman–Crippen MR) is 126 cm³/mol. The van der Waals surface area contributed by atoms with Gasteiger partial charge in [0.2, 0.25) is 11.8 Å². The molecule has 1 unspecified atom stereocenters. The molecule has 2 aliphatic rings. The Bertz CT molecular complexity index is 967. The Labute approximate surface area is 190 Å². The van der Waals surface area contributed by atoms with Crippen molar-refractivity contribution in [2.24, 2.45) is 0 Å². The third-order valence-electron chi connectivity index (χ3n) is 6.75. The van der Waals surface area contributed by atoms with E-state index >= 15 is 0 Å². The molecule has 0 aliphatic carbocycles. The Morgan fingerprint density at radius 1 is 1.09 bits per heavy atom. The van der Waals surface area contributed by atoms with E-state index in [1.54, 1.807) is 11.8 Å². The van der Waals surface area contributed by atoms with Crippen LogP contribution in [0.25, 0.3) is 6.08 Å². The zero-order chi connectivity index (χ0) is 22.5. The van der Waals surface area contributed by atoms with Gasteiger partial charge in [0, 0.05) is 64.2 Å². The molecule has 0 N–H and O–H groups in total. The van der Waals surface area contributed by atoms with Crippen LogP contribution in [0.15, 0.2) is 54.9 Å². The van der Waals surface area contributed by atoms with Gasteiger partial charge in [-0.3, -0.25) is 14.6 Å². The molecule has 4 rings (SSSR count). The smallest absolute Gasteiger partial charge is 0.225 e. The third kappa shape index (κ3) is 5.07. The first-order valence-corrected chi connectivity index (χ1v) is 11.5. The summed E-state index contributed by atoms with van der Waals surface area (Å²) in [6.07, 6.45) is 8.80. The molecular weight excluding hydrogens is 400 g/mol. The van der Waals surface area contributed by atoms with Crippen molar-refractivity contribution >= 4 is 17.9 Å². The van der Waals surface area contributed by atoms with Crippen LogP contribution >= 0.6 is 0 Å². The summed E-state index contributed by atoms with van der Waals surface area (Å²) in [5.41, 5.74) is 3.24. The lowest BCUT2D eigenvalue weighted by molar-refractivity contribution is -0.135. The van der Waals surface area contributed by atoms with Crippen molar-refractivity contribution in [3.8, 4) is 0 Å². The molecule has 1 aromatic carbocycles. The SMILES string of the molecule is CC(=O)N1C=Cc2ccccc2C1CC(=O)N(C)C1CCN(CCc2ccccn2)CC1. The van der Waals surface area contributed by atoms with Gasteiger partial charge in [-0.25, -0.2) is 0 Å². The molecule has 168 valence electrons. The van der Waals surface area contributed by atoms with Gasteiger partial charge in [-0.15, -0.1) is 0 Å². The number of aromatic nitrogens is 1. The molecule has 2 amide bonds. The summed E-state index contributed by atoms with van der Waals surface area (Å²) in [4.78, 5) is 35.9. The van der Waals surface area contributed by atoms with E-state index in [0.29, 0.717) is 6.42 Å². The van der Waals surface area contributed by atoms with E-state index in [4.69, 9.17) is 0 Å². The van der Waals surface area contributed by atoms with E-state index in [9.17, 15) is 9.59 Å². The number of carbonyl (C=O) groups excluding carboxylic acids is 2. The van der Waals surface area contributed by atoms with Gasteiger partial charge >= 0.3 is 0 Å². The van der Waals surface area contributed by atoms with Crippen LogP contribution in [0.4, 0.5) is 0 Å².